The fourth-order valence-electron chi connectivity index (χ4n) is 6.61. The van der Waals surface area contributed by atoms with Crippen LogP contribution in [0.2, 0.25) is 0 Å². The Morgan fingerprint density at radius 3 is 2.50 bits per heavy atom. The lowest BCUT2D eigenvalue weighted by Crippen LogP contribution is -2.43. The summed E-state index contributed by atoms with van der Waals surface area (Å²) in [6.07, 6.45) is 0.957. The first-order valence-corrected chi connectivity index (χ1v) is 14.1. The maximum Gasteiger partial charge on any atom is 0.416 e. The van der Waals surface area contributed by atoms with Crippen LogP contribution in [0, 0.1) is 6.92 Å². The van der Waals surface area contributed by atoms with Crippen LogP contribution >= 0.6 is 0 Å². The van der Waals surface area contributed by atoms with E-state index in [0.29, 0.717) is 54.8 Å². The molecule has 0 aliphatic carbocycles. The molecule has 40 heavy (non-hydrogen) atoms. The molecule has 0 spiro atoms. The van der Waals surface area contributed by atoms with Crippen LogP contribution in [0.1, 0.15) is 43.2 Å². The first-order chi connectivity index (χ1) is 19.3. The molecule has 3 fully saturated rings. The highest BCUT2D eigenvalue weighted by Crippen LogP contribution is 2.42. The van der Waals surface area contributed by atoms with Crippen molar-refractivity contribution in [3.63, 3.8) is 0 Å². The van der Waals surface area contributed by atoms with Gasteiger partial charge in [-0.1, -0.05) is 6.07 Å². The lowest BCUT2D eigenvalue weighted by atomic mass is 9.95. The van der Waals surface area contributed by atoms with E-state index in [2.05, 4.69) is 9.80 Å². The van der Waals surface area contributed by atoms with Crippen molar-refractivity contribution in [2.24, 2.45) is 0 Å². The van der Waals surface area contributed by atoms with Crippen molar-refractivity contribution in [1.29, 1.82) is 0 Å². The highest BCUT2D eigenvalue weighted by atomic mass is 19.4. The van der Waals surface area contributed by atoms with Gasteiger partial charge >= 0.3 is 12.2 Å². The largest absolute Gasteiger partial charge is 0.496 e. The lowest BCUT2D eigenvalue weighted by Gasteiger charge is -2.31. The molecule has 2 aromatic carbocycles. The van der Waals surface area contributed by atoms with E-state index in [1.807, 2.05) is 19.1 Å². The number of aromatic nitrogens is 2. The Morgan fingerprint density at radius 2 is 1.75 bits per heavy atom. The summed E-state index contributed by atoms with van der Waals surface area (Å²) in [6, 6.07) is 7.60. The second kappa shape index (κ2) is 10.7. The topological polar surface area (TPSA) is 60.0 Å². The predicted molar refractivity (Wildman–Crippen MR) is 147 cm³/mol. The molecule has 3 aliphatic rings. The van der Waals surface area contributed by atoms with E-state index in [1.54, 1.807) is 0 Å². The van der Waals surface area contributed by atoms with Gasteiger partial charge in [0.25, 0.3) is 0 Å². The van der Waals surface area contributed by atoms with Crippen LogP contribution in [0.25, 0.3) is 22.0 Å². The summed E-state index contributed by atoms with van der Waals surface area (Å²) in [4.78, 5) is 14.5. The van der Waals surface area contributed by atoms with E-state index in [0.717, 1.165) is 67.8 Å². The van der Waals surface area contributed by atoms with Gasteiger partial charge in [0, 0.05) is 30.6 Å². The SMILES string of the molecule is COc1ccc(C(F)(F)F)cc1-c1ccc2c(N3CCCOCC3)nc(OCC34CCCN3CCC4)nc2c1C. The van der Waals surface area contributed by atoms with Gasteiger partial charge in [0.2, 0.25) is 0 Å². The molecule has 0 radical (unpaired) electrons. The minimum atomic E-state index is -4.47. The molecule has 3 aromatic rings. The van der Waals surface area contributed by atoms with Gasteiger partial charge in [-0.3, -0.25) is 4.90 Å². The molecule has 3 aliphatic heterocycles. The standard InChI is InChI=1S/C30H35F3N4O3/c1-20-22(24-18-21(30(31,32)33)6-9-25(24)38-2)7-8-23-26(20)34-28(35-27(23)36-12-5-16-39-17-15-36)40-19-29-10-3-13-37(29)14-4-11-29/h6-9,18H,3-5,10-17,19H2,1-2H3. The van der Waals surface area contributed by atoms with Crippen molar-refractivity contribution in [1.82, 2.24) is 14.9 Å². The zero-order chi connectivity index (χ0) is 27.9. The van der Waals surface area contributed by atoms with E-state index in [9.17, 15) is 13.2 Å². The quantitative estimate of drug-likeness (QED) is 0.377. The fourth-order valence-corrected chi connectivity index (χ4v) is 6.61. The van der Waals surface area contributed by atoms with E-state index in [1.165, 1.54) is 26.0 Å². The second-order valence-electron chi connectivity index (χ2n) is 11.0. The molecule has 0 bridgehead atoms. The minimum absolute atomic E-state index is 0.0389. The number of benzene rings is 2. The molecular weight excluding hydrogens is 521 g/mol. The van der Waals surface area contributed by atoms with Crippen LogP contribution in [-0.2, 0) is 10.9 Å². The Kier molecular flexibility index (Phi) is 7.25. The second-order valence-corrected chi connectivity index (χ2v) is 11.0. The summed E-state index contributed by atoms with van der Waals surface area (Å²) >= 11 is 0. The summed E-state index contributed by atoms with van der Waals surface area (Å²) < 4.78 is 58.4. The highest BCUT2D eigenvalue weighted by Gasteiger charge is 2.45. The number of hydrogen-bond acceptors (Lipinski definition) is 7. The van der Waals surface area contributed by atoms with Crippen molar-refractivity contribution in [3.05, 3.63) is 41.5 Å². The summed E-state index contributed by atoms with van der Waals surface area (Å²) in [5.74, 6) is 1.14. The third-order valence-corrected chi connectivity index (χ3v) is 8.70. The number of ether oxygens (including phenoxy) is 3. The van der Waals surface area contributed by atoms with Crippen molar-refractivity contribution in [2.45, 2.75) is 50.7 Å². The number of halogens is 3. The van der Waals surface area contributed by atoms with Gasteiger partial charge in [-0.2, -0.15) is 23.1 Å². The zero-order valence-corrected chi connectivity index (χ0v) is 23.0. The first-order valence-electron chi connectivity index (χ1n) is 14.1. The van der Waals surface area contributed by atoms with Crippen molar-refractivity contribution >= 4 is 16.7 Å². The van der Waals surface area contributed by atoms with E-state index < -0.39 is 11.7 Å². The molecule has 0 unspecified atom stereocenters. The van der Waals surface area contributed by atoms with Crippen LogP contribution in [0.4, 0.5) is 19.0 Å². The highest BCUT2D eigenvalue weighted by molar-refractivity contribution is 5.96. The van der Waals surface area contributed by atoms with Gasteiger partial charge < -0.3 is 19.1 Å². The van der Waals surface area contributed by atoms with Crippen molar-refractivity contribution < 1.29 is 27.4 Å². The van der Waals surface area contributed by atoms with E-state index >= 15 is 0 Å². The molecule has 7 nitrogen and oxygen atoms in total. The van der Waals surface area contributed by atoms with Crippen molar-refractivity contribution in [2.75, 3.05) is 58.0 Å². The van der Waals surface area contributed by atoms with Gasteiger partial charge in [-0.25, -0.2) is 0 Å². The normalized spacial score (nSPS) is 19.6. The van der Waals surface area contributed by atoms with Crippen molar-refractivity contribution in [3.8, 4) is 22.9 Å². The Hall–Kier alpha value is -3.11. The smallest absolute Gasteiger partial charge is 0.416 e. The molecule has 214 valence electrons. The van der Waals surface area contributed by atoms with Crippen LogP contribution in [0.5, 0.6) is 11.8 Å². The molecule has 6 rings (SSSR count). The van der Waals surface area contributed by atoms with Crippen LogP contribution in [0.3, 0.4) is 0 Å². The Morgan fingerprint density at radius 1 is 0.950 bits per heavy atom. The summed E-state index contributed by atoms with van der Waals surface area (Å²) in [6.45, 7) is 7.37. The minimum Gasteiger partial charge on any atom is -0.496 e. The summed E-state index contributed by atoms with van der Waals surface area (Å²) in [5.41, 5.74) is 1.72. The Labute approximate surface area is 232 Å². The van der Waals surface area contributed by atoms with Gasteiger partial charge in [-0.15, -0.1) is 0 Å². The summed E-state index contributed by atoms with van der Waals surface area (Å²) in [5, 5.41) is 0.836. The van der Waals surface area contributed by atoms with Gasteiger partial charge in [0.1, 0.15) is 18.2 Å². The zero-order valence-electron chi connectivity index (χ0n) is 23.0. The monoisotopic (exact) mass is 556 g/mol. The van der Waals surface area contributed by atoms with E-state index in [4.69, 9.17) is 24.2 Å². The lowest BCUT2D eigenvalue weighted by molar-refractivity contribution is -0.137. The van der Waals surface area contributed by atoms with Gasteiger partial charge in [-0.05, 0) is 87.5 Å². The number of methoxy groups -OCH3 is 1. The predicted octanol–water partition coefficient (Wildman–Crippen LogP) is 5.87. The maximum absolute atomic E-state index is 13.6. The maximum atomic E-state index is 13.6. The number of rotatable bonds is 6. The molecule has 3 saturated heterocycles. The molecule has 0 amide bonds. The molecule has 4 heterocycles. The average molecular weight is 557 g/mol. The Bertz CT molecular complexity index is 1380. The van der Waals surface area contributed by atoms with Gasteiger partial charge in [0.15, 0.2) is 0 Å². The summed E-state index contributed by atoms with van der Waals surface area (Å²) in [7, 11) is 1.46. The van der Waals surface area contributed by atoms with Crippen LogP contribution < -0.4 is 14.4 Å². The molecule has 10 heteroatoms. The number of anilines is 1. The number of fused-ring (bicyclic) bond motifs is 2. The number of aryl methyl sites for hydroxylation is 1. The average Bonchev–Trinajstić information content (AvgIpc) is 3.41. The number of nitrogens with zero attached hydrogens (tertiary/aromatic N) is 4. The van der Waals surface area contributed by atoms with Crippen LogP contribution in [-0.4, -0.2) is 73.5 Å². The fraction of sp³-hybridized carbons (Fsp3) is 0.533. The third kappa shape index (κ3) is 4.96. The van der Waals surface area contributed by atoms with Gasteiger partial charge in [0.05, 0.1) is 30.3 Å². The number of hydrogen-bond donors (Lipinski definition) is 0. The Balaban J connectivity index is 1.45. The molecule has 1 aromatic heterocycles. The molecular formula is C30H35F3N4O3. The first kappa shape index (κ1) is 27.1. The third-order valence-electron chi connectivity index (χ3n) is 8.70. The van der Waals surface area contributed by atoms with Crippen LogP contribution in [0.15, 0.2) is 30.3 Å². The molecule has 0 atom stereocenters. The number of alkyl halides is 3. The molecule has 0 saturated carbocycles. The van der Waals surface area contributed by atoms with E-state index in [-0.39, 0.29) is 5.54 Å². The molecule has 0 N–H and O–H groups in total.